The highest BCUT2D eigenvalue weighted by molar-refractivity contribution is 7.09. The summed E-state index contributed by atoms with van der Waals surface area (Å²) in [5.41, 5.74) is 6.75. The predicted octanol–water partition coefficient (Wildman–Crippen LogP) is 3.48. The van der Waals surface area contributed by atoms with Crippen molar-refractivity contribution in [3.63, 3.8) is 0 Å². The summed E-state index contributed by atoms with van der Waals surface area (Å²) in [5, 5.41) is 2.05. The van der Waals surface area contributed by atoms with E-state index < -0.39 is 0 Å². The van der Waals surface area contributed by atoms with E-state index in [2.05, 4.69) is 23.6 Å². The summed E-state index contributed by atoms with van der Waals surface area (Å²) in [5.74, 6) is 0.209. The van der Waals surface area contributed by atoms with Gasteiger partial charge < -0.3 is 10.6 Å². The Kier molecular flexibility index (Phi) is 8.82. The van der Waals surface area contributed by atoms with Gasteiger partial charge in [-0.05, 0) is 36.4 Å². The third kappa shape index (κ3) is 6.18. The number of rotatable bonds is 8. The van der Waals surface area contributed by atoms with Gasteiger partial charge in [0.15, 0.2) is 0 Å². The maximum atomic E-state index is 12.4. The highest BCUT2D eigenvalue weighted by atomic mass is 35.5. The summed E-state index contributed by atoms with van der Waals surface area (Å²) in [4.78, 5) is 15.6. The number of aryl methyl sites for hydroxylation is 1. The molecule has 0 fully saturated rings. The number of halogens is 1. The van der Waals surface area contributed by atoms with Gasteiger partial charge in [0.25, 0.3) is 0 Å². The summed E-state index contributed by atoms with van der Waals surface area (Å²) in [6, 6.07) is 14.2. The number of carbonyl (C=O) groups is 1. The van der Waals surface area contributed by atoms with Crippen LogP contribution in [0.5, 0.6) is 0 Å². The average Bonchev–Trinajstić information content (AvgIpc) is 3.03. The molecule has 22 heavy (non-hydrogen) atoms. The minimum atomic E-state index is 0. The van der Waals surface area contributed by atoms with E-state index >= 15 is 0 Å². The smallest absolute Gasteiger partial charge is 0.223 e. The number of hydrogen-bond acceptors (Lipinski definition) is 3. The molecule has 0 aliphatic heterocycles. The molecule has 2 N–H and O–H groups in total. The molecular weight excluding hydrogens is 316 g/mol. The number of hydrogen-bond donors (Lipinski definition) is 1. The fraction of sp³-hybridized carbons (Fsp3) is 0.353. The maximum Gasteiger partial charge on any atom is 0.223 e. The molecule has 0 unspecified atom stereocenters. The molecule has 0 spiro atoms. The molecule has 0 bridgehead atoms. The molecule has 1 amide bonds. The van der Waals surface area contributed by atoms with Crippen molar-refractivity contribution in [2.24, 2.45) is 5.73 Å². The van der Waals surface area contributed by atoms with Gasteiger partial charge in [-0.15, -0.1) is 23.7 Å². The summed E-state index contributed by atoms with van der Waals surface area (Å²) in [6.45, 7) is 2.02. The molecule has 1 aromatic carbocycles. The van der Waals surface area contributed by atoms with Gasteiger partial charge in [0.05, 0.1) is 0 Å². The number of amides is 1. The molecule has 0 aliphatic carbocycles. The zero-order chi connectivity index (χ0) is 14.9. The molecule has 3 nitrogen and oxygen atoms in total. The second-order valence-electron chi connectivity index (χ2n) is 5.02. The zero-order valence-corrected chi connectivity index (χ0v) is 14.2. The quantitative estimate of drug-likeness (QED) is 0.801. The minimum Gasteiger partial charge on any atom is -0.338 e. The first-order valence-electron chi connectivity index (χ1n) is 7.33. The summed E-state index contributed by atoms with van der Waals surface area (Å²) >= 11 is 1.71. The van der Waals surface area contributed by atoms with E-state index in [0.29, 0.717) is 19.5 Å². The van der Waals surface area contributed by atoms with Crippen LogP contribution >= 0.6 is 23.7 Å². The Morgan fingerprint density at radius 1 is 1.14 bits per heavy atom. The Balaban J connectivity index is 0.00000242. The topological polar surface area (TPSA) is 46.3 Å². The Morgan fingerprint density at radius 3 is 2.55 bits per heavy atom. The first kappa shape index (κ1) is 18.7. The number of benzene rings is 1. The molecule has 1 heterocycles. The Bertz CT molecular complexity index is 531. The fourth-order valence-electron chi connectivity index (χ4n) is 2.22. The van der Waals surface area contributed by atoms with Crippen LogP contribution in [0.2, 0.25) is 0 Å². The van der Waals surface area contributed by atoms with E-state index in [-0.39, 0.29) is 18.3 Å². The van der Waals surface area contributed by atoms with Gasteiger partial charge in [0, 0.05) is 24.4 Å². The van der Waals surface area contributed by atoms with E-state index in [1.165, 1.54) is 10.4 Å². The second kappa shape index (κ2) is 10.4. The van der Waals surface area contributed by atoms with Crippen LogP contribution in [0.25, 0.3) is 0 Å². The Hall–Kier alpha value is -1.36. The van der Waals surface area contributed by atoms with Crippen molar-refractivity contribution in [1.29, 1.82) is 0 Å². The third-order valence-electron chi connectivity index (χ3n) is 3.37. The molecule has 0 atom stereocenters. The van der Waals surface area contributed by atoms with E-state index in [4.69, 9.17) is 5.73 Å². The van der Waals surface area contributed by atoms with Crippen molar-refractivity contribution in [1.82, 2.24) is 4.90 Å². The highest BCUT2D eigenvalue weighted by Crippen LogP contribution is 2.13. The number of nitrogens with zero attached hydrogens (tertiary/aromatic N) is 1. The fourth-order valence-corrected chi connectivity index (χ4v) is 2.93. The van der Waals surface area contributed by atoms with Crippen molar-refractivity contribution in [3.05, 3.63) is 58.3 Å². The van der Waals surface area contributed by atoms with Crippen LogP contribution in [0.1, 0.15) is 23.3 Å². The molecule has 2 aromatic rings. The number of nitrogens with two attached hydrogens (primary N) is 1. The van der Waals surface area contributed by atoms with Crippen LogP contribution in [0.4, 0.5) is 0 Å². The van der Waals surface area contributed by atoms with Crippen LogP contribution in [-0.2, 0) is 17.8 Å². The SMILES string of the molecule is Cl.NCCCN(Cc1ccccc1)C(=O)CCc1cccs1. The second-order valence-corrected chi connectivity index (χ2v) is 6.05. The summed E-state index contributed by atoms with van der Waals surface area (Å²) < 4.78 is 0. The Morgan fingerprint density at radius 2 is 1.91 bits per heavy atom. The van der Waals surface area contributed by atoms with Crippen LogP contribution in [0.3, 0.4) is 0 Å². The monoisotopic (exact) mass is 338 g/mol. The lowest BCUT2D eigenvalue weighted by molar-refractivity contribution is -0.131. The molecule has 0 saturated heterocycles. The van der Waals surface area contributed by atoms with E-state index in [1.807, 2.05) is 29.2 Å². The van der Waals surface area contributed by atoms with Gasteiger partial charge >= 0.3 is 0 Å². The Labute approximate surface area is 142 Å². The largest absolute Gasteiger partial charge is 0.338 e. The first-order chi connectivity index (χ1) is 10.3. The van der Waals surface area contributed by atoms with E-state index in [1.54, 1.807) is 11.3 Å². The van der Waals surface area contributed by atoms with Gasteiger partial charge in [0.2, 0.25) is 5.91 Å². The van der Waals surface area contributed by atoms with E-state index in [0.717, 1.165) is 19.4 Å². The van der Waals surface area contributed by atoms with Crippen LogP contribution in [-0.4, -0.2) is 23.9 Å². The van der Waals surface area contributed by atoms with E-state index in [9.17, 15) is 4.79 Å². The van der Waals surface area contributed by atoms with Crippen molar-refractivity contribution in [3.8, 4) is 0 Å². The molecule has 120 valence electrons. The molecule has 5 heteroatoms. The van der Waals surface area contributed by atoms with Gasteiger partial charge in [0.1, 0.15) is 0 Å². The van der Waals surface area contributed by atoms with Crippen molar-refractivity contribution in [2.75, 3.05) is 13.1 Å². The van der Waals surface area contributed by atoms with Crippen molar-refractivity contribution < 1.29 is 4.79 Å². The number of thiophene rings is 1. The minimum absolute atomic E-state index is 0. The standard InChI is InChI=1S/C17H22N2OS.ClH/c18-11-5-12-19(14-15-6-2-1-3-7-15)17(20)10-9-16-8-4-13-21-16;/h1-4,6-8,13H,5,9-12,14,18H2;1H. The zero-order valence-electron chi connectivity index (χ0n) is 12.6. The van der Waals surface area contributed by atoms with Crippen LogP contribution in [0.15, 0.2) is 47.8 Å². The predicted molar refractivity (Wildman–Crippen MR) is 95.4 cm³/mol. The highest BCUT2D eigenvalue weighted by Gasteiger charge is 2.13. The van der Waals surface area contributed by atoms with Gasteiger partial charge in [-0.25, -0.2) is 0 Å². The molecule has 1 aromatic heterocycles. The van der Waals surface area contributed by atoms with Crippen molar-refractivity contribution >= 4 is 29.7 Å². The number of carbonyl (C=O) groups excluding carboxylic acids is 1. The van der Waals surface area contributed by atoms with Gasteiger partial charge in [-0.2, -0.15) is 0 Å². The molecule has 0 aliphatic rings. The van der Waals surface area contributed by atoms with Gasteiger partial charge in [-0.1, -0.05) is 36.4 Å². The van der Waals surface area contributed by atoms with Crippen molar-refractivity contribution in [2.45, 2.75) is 25.8 Å². The summed E-state index contributed by atoms with van der Waals surface area (Å²) in [7, 11) is 0. The lowest BCUT2D eigenvalue weighted by Crippen LogP contribution is -2.32. The normalized spacial score (nSPS) is 10.0. The molecular formula is C17H23ClN2OS. The molecule has 2 rings (SSSR count). The third-order valence-corrected chi connectivity index (χ3v) is 4.30. The van der Waals surface area contributed by atoms with Crippen LogP contribution in [0, 0.1) is 0 Å². The lowest BCUT2D eigenvalue weighted by Gasteiger charge is -2.22. The van der Waals surface area contributed by atoms with Gasteiger partial charge in [-0.3, -0.25) is 4.79 Å². The maximum absolute atomic E-state index is 12.4. The first-order valence-corrected chi connectivity index (χ1v) is 8.21. The average molecular weight is 339 g/mol. The molecule has 0 saturated carbocycles. The molecule has 0 radical (unpaired) electrons. The lowest BCUT2D eigenvalue weighted by atomic mass is 10.2. The van der Waals surface area contributed by atoms with Crippen LogP contribution < -0.4 is 5.73 Å². The summed E-state index contributed by atoms with van der Waals surface area (Å²) in [6.07, 6.45) is 2.24.